The third-order valence-corrected chi connectivity index (χ3v) is 5.66. The van der Waals surface area contributed by atoms with Crippen LogP contribution in [0.1, 0.15) is 29.8 Å². The number of nitrogens with one attached hydrogen (secondary N) is 1. The lowest BCUT2D eigenvalue weighted by Gasteiger charge is -2.16. The molecule has 3 aromatic rings. The maximum atomic E-state index is 12.5. The van der Waals surface area contributed by atoms with Crippen molar-refractivity contribution in [3.8, 4) is 0 Å². The molecule has 2 heterocycles. The fourth-order valence-electron chi connectivity index (χ4n) is 2.54. The maximum Gasteiger partial charge on any atom is 0.407 e. The molecule has 1 N–H and O–H groups in total. The number of halogens is 1. The van der Waals surface area contributed by atoms with E-state index in [9.17, 15) is 9.59 Å². The van der Waals surface area contributed by atoms with Gasteiger partial charge in [0.15, 0.2) is 0 Å². The molecular formula is C18H17BrN2O3S. The summed E-state index contributed by atoms with van der Waals surface area (Å²) in [5, 5.41) is 4.70. The van der Waals surface area contributed by atoms with Gasteiger partial charge in [-0.3, -0.25) is 9.20 Å². The molecule has 7 heteroatoms. The molecule has 0 aliphatic carbocycles. The van der Waals surface area contributed by atoms with Crippen LogP contribution in [0.3, 0.4) is 0 Å². The van der Waals surface area contributed by atoms with Crippen LogP contribution < -0.4 is 10.9 Å². The molecule has 0 bridgehead atoms. The fraction of sp³-hybridized carbons (Fsp3) is 0.222. The lowest BCUT2D eigenvalue weighted by molar-refractivity contribution is 0.136. The molecule has 0 unspecified atom stereocenters. The van der Waals surface area contributed by atoms with E-state index in [0.717, 1.165) is 21.7 Å². The SMILES string of the molecule is Cc1csc2cc([C@H](C)NC(=O)OCc3ccccc3)c(Br)c(=O)n12. The van der Waals surface area contributed by atoms with Gasteiger partial charge >= 0.3 is 6.09 Å². The highest BCUT2D eigenvalue weighted by Gasteiger charge is 2.18. The van der Waals surface area contributed by atoms with Gasteiger partial charge in [0.2, 0.25) is 0 Å². The van der Waals surface area contributed by atoms with Gasteiger partial charge in [-0.25, -0.2) is 4.79 Å². The van der Waals surface area contributed by atoms with Crippen molar-refractivity contribution in [1.82, 2.24) is 9.72 Å². The summed E-state index contributed by atoms with van der Waals surface area (Å²) in [4.78, 5) is 25.4. The number of pyridine rings is 1. The van der Waals surface area contributed by atoms with E-state index in [1.807, 2.05) is 55.6 Å². The molecule has 0 spiro atoms. The molecule has 1 atom stereocenters. The van der Waals surface area contributed by atoms with Crippen LogP contribution in [0.15, 0.2) is 51.0 Å². The number of rotatable bonds is 4. The number of ether oxygens (including phenoxy) is 1. The van der Waals surface area contributed by atoms with Crippen molar-refractivity contribution in [2.45, 2.75) is 26.5 Å². The second-order valence-electron chi connectivity index (χ2n) is 5.70. The van der Waals surface area contributed by atoms with Gasteiger partial charge in [0.1, 0.15) is 11.4 Å². The number of hydrogen-bond donors (Lipinski definition) is 1. The minimum Gasteiger partial charge on any atom is -0.445 e. The predicted molar refractivity (Wildman–Crippen MR) is 102 cm³/mol. The second kappa shape index (κ2) is 7.41. The Labute approximate surface area is 157 Å². The summed E-state index contributed by atoms with van der Waals surface area (Å²) >= 11 is 4.86. The number of thiazole rings is 1. The van der Waals surface area contributed by atoms with E-state index in [1.165, 1.54) is 11.3 Å². The van der Waals surface area contributed by atoms with E-state index in [4.69, 9.17) is 4.74 Å². The van der Waals surface area contributed by atoms with Gasteiger partial charge in [0, 0.05) is 11.1 Å². The van der Waals surface area contributed by atoms with Gasteiger partial charge in [0.25, 0.3) is 5.56 Å². The molecule has 1 amide bonds. The number of amides is 1. The van der Waals surface area contributed by atoms with Crippen molar-refractivity contribution in [1.29, 1.82) is 0 Å². The highest BCUT2D eigenvalue weighted by Crippen LogP contribution is 2.25. The minimum atomic E-state index is -0.522. The Bertz CT molecular complexity index is 966. The molecule has 0 aliphatic rings. The summed E-state index contributed by atoms with van der Waals surface area (Å²) in [7, 11) is 0. The number of alkyl carbamates (subject to hydrolysis) is 1. The minimum absolute atomic E-state index is 0.127. The third kappa shape index (κ3) is 3.77. The Hall–Kier alpha value is -2.12. The van der Waals surface area contributed by atoms with E-state index in [1.54, 1.807) is 4.40 Å². The number of carbonyl (C=O) groups excluding carboxylic acids is 1. The molecule has 130 valence electrons. The van der Waals surface area contributed by atoms with Crippen LogP contribution in [0, 0.1) is 6.92 Å². The standard InChI is InChI=1S/C18H17BrN2O3S/c1-11-10-25-15-8-14(16(19)17(22)21(11)15)12(2)20-18(23)24-9-13-6-4-3-5-7-13/h3-8,10,12H,9H2,1-2H3,(H,20,23)/t12-/m0/s1. The van der Waals surface area contributed by atoms with Crippen molar-refractivity contribution < 1.29 is 9.53 Å². The van der Waals surface area contributed by atoms with Crippen molar-refractivity contribution in [2.24, 2.45) is 0 Å². The first-order chi connectivity index (χ1) is 12.0. The molecule has 0 saturated carbocycles. The molecule has 3 rings (SSSR count). The van der Waals surface area contributed by atoms with Gasteiger partial charge in [-0.1, -0.05) is 30.3 Å². The lowest BCUT2D eigenvalue weighted by Crippen LogP contribution is -2.29. The summed E-state index contributed by atoms with van der Waals surface area (Å²) in [5.74, 6) is 0. The smallest absolute Gasteiger partial charge is 0.407 e. The highest BCUT2D eigenvalue weighted by atomic mass is 79.9. The van der Waals surface area contributed by atoms with Crippen LogP contribution in [-0.4, -0.2) is 10.5 Å². The van der Waals surface area contributed by atoms with Gasteiger partial charge in [0.05, 0.1) is 10.5 Å². The molecule has 2 aromatic heterocycles. The first kappa shape index (κ1) is 17.7. The average molecular weight is 421 g/mol. The third-order valence-electron chi connectivity index (χ3n) is 3.86. The van der Waals surface area contributed by atoms with Crippen LogP contribution in [-0.2, 0) is 11.3 Å². The Kier molecular flexibility index (Phi) is 5.24. The Morgan fingerprint density at radius 3 is 2.80 bits per heavy atom. The van der Waals surface area contributed by atoms with Gasteiger partial charge in [-0.2, -0.15) is 0 Å². The topological polar surface area (TPSA) is 59.8 Å². The monoisotopic (exact) mass is 420 g/mol. The number of hydrogen-bond acceptors (Lipinski definition) is 4. The Balaban J connectivity index is 1.73. The van der Waals surface area contributed by atoms with Crippen LogP contribution in [0.2, 0.25) is 0 Å². The van der Waals surface area contributed by atoms with Crippen LogP contribution in [0.25, 0.3) is 4.83 Å². The number of carbonyl (C=O) groups is 1. The summed E-state index contributed by atoms with van der Waals surface area (Å²) in [6.07, 6.45) is -0.522. The number of fused-ring (bicyclic) bond motifs is 1. The number of benzene rings is 1. The van der Waals surface area contributed by atoms with E-state index in [-0.39, 0.29) is 18.2 Å². The van der Waals surface area contributed by atoms with Gasteiger partial charge in [-0.05, 0) is 47.0 Å². The first-order valence-electron chi connectivity index (χ1n) is 7.74. The number of aryl methyl sites for hydroxylation is 1. The number of nitrogens with zero attached hydrogens (tertiary/aromatic N) is 1. The zero-order chi connectivity index (χ0) is 18.0. The van der Waals surface area contributed by atoms with E-state index in [2.05, 4.69) is 21.2 Å². The molecular weight excluding hydrogens is 404 g/mol. The van der Waals surface area contributed by atoms with Crippen molar-refractivity contribution in [3.05, 3.63) is 73.4 Å². The first-order valence-corrected chi connectivity index (χ1v) is 9.41. The number of aromatic nitrogens is 1. The van der Waals surface area contributed by atoms with E-state index >= 15 is 0 Å². The molecule has 0 saturated heterocycles. The summed E-state index contributed by atoms with van der Waals surface area (Å²) in [5.41, 5.74) is 2.40. The fourth-order valence-corrected chi connectivity index (χ4v) is 4.10. The lowest BCUT2D eigenvalue weighted by atomic mass is 10.1. The molecule has 1 aromatic carbocycles. The van der Waals surface area contributed by atoms with Crippen LogP contribution >= 0.6 is 27.3 Å². The second-order valence-corrected chi connectivity index (χ2v) is 7.38. The van der Waals surface area contributed by atoms with Crippen LogP contribution in [0.4, 0.5) is 4.79 Å². The molecule has 25 heavy (non-hydrogen) atoms. The quantitative estimate of drug-likeness (QED) is 0.679. The summed E-state index contributed by atoms with van der Waals surface area (Å²) < 4.78 is 7.33. The Morgan fingerprint density at radius 2 is 2.08 bits per heavy atom. The van der Waals surface area contributed by atoms with E-state index < -0.39 is 6.09 Å². The van der Waals surface area contributed by atoms with Crippen LogP contribution in [0.5, 0.6) is 0 Å². The summed E-state index contributed by atoms with van der Waals surface area (Å²) in [6, 6.07) is 11.0. The highest BCUT2D eigenvalue weighted by molar-refractivity contribution is 9.10. The molecule has 0 aliphatic heterocycles. The van der Waals surface area contributed by atoms with E-state index in [0.29, 0.717) is 4.47 Å². The summed E-state index contributed by atoms with van der Waals surface area (Å²) in [6.45, 7) is 3.91. The average Bonchev–Trinajstić information content (AvgIpc) is 2.98. The van der Waals surface area contributed by atoms with Crippen molar-refractivity contribution >= 4 is 38.2 Å². The zero-order valence-electron chi connectivity index (χ0n) is 13.8. The molecule has 0 fully saturated rings. The molecule has 5 nitrogen and oxygen atoms in total. The molecule has 0 radical (unpaired) electrons. The van der Waals surface area contributed by atoms with Crippen molar-refractivity contribution in [3.63, 3.8) is 0 Å². The predicted octanol–water partition coefficient (Wildman–Crippen LogP) is 4.42. The van der Waals surface area contributed by atoms with Gasteiger partial charge < -0.3 is 10.1 Å². The largest absolute Gasteiger partial charge is 0.445 e. The Morgan fingerprint density at radius 1 is 1.36 bits per heavy atom. The maximum absolute atomic E-state index is 12.5. The van der Waals surface area contributed by atoms with Crippen molar-refractivity contribution in [2.75, 3.05) is 0 Å². The normalized spacial score (nSPS) is 12.1. The zero-order valence-corrected chi connectivity index (χ0v) is 16.2. The van der Waals surface area contributed by atoms with Gasteiger partial charge in [-0.15, -0.1) is 11.3 Å².